The van der Waals surface area contributed by atoms with E-state index in [2.05, 4.69) is 35.6 Å². The van der Waals surface area contributed by atoms with E-state index in [1.807, 2.05) is 84.9 Å². The molecular formula is C26H19N7O. The standard InChI is InChI=1S/C26H19N7O/c34-26(28-18-11-7-16(8-12-18)23-30-20-4-1-2-5-21(20)31-23)29-19-13-9-17(10-14-19)24-32-22-6-3-15-27-25(22)33-24/h1-15H,(H,30,31)(H,27,32,33)(H2,28,29,34). The minimum atomic E-state index is -0.322. The molecule has 8 heteroatoms. The molecule has 34 heavy (non-hydrogen) atoms. The number of amides is 2. The van der Waals surface area contributed by atoms with E-state index in [0.717, 1.165) is 39.3 Å². The number of aromatic nitrogens is 5. The Morgan fingerprint density at radius 2 is 1.24 bits per heavy atom. The lowest BCUT2D eigenvalue weighted by atomic mass is 10.2. The molecule has 3 aromatic heterocycles. The van der Waals surface area contributed by atoms with Crippen molar-refractivity contribution in [3.63, 3.8) is 0 Å². The molecule has 0 bridgehead atoms. The summed E-state index contributed by atoms with van der Waals surface area (Å²) in [5.41, 5.74) is 6.67. The molecule has 164 valence electrons. The second kappa shape index (κ2) is 8.18. The van der Waals surface area contributed by atoms with E-state index < -0.39 is 0 Å². The number of imidazole rings is 2. The maximum Gasteiger partial charge on any atom is 0.323 e. The maximum atomic E-state index is 12.5. The van der Waals surface area contributed by atoms with E-state index in [9.17, 15) is 4.79 Å². The van der Waals surface area contributed by atoms with Gasteiger partial charge in [0.1, 0.15) is 11.6 Å². The van der Waals surface area contributed by atoms with Gasteiger partial charge in [-0.05, 0) is 72.8 Å². The van der Waals surface area contributed by atoms with E-state index in [-0.39, 0.29) is 6.03 Å². The molecule has 0 aliphatic heterocycles. The Balaban J connectivity index is 1.11. The lowest BCUT2D eigenvalue weighted by Crippen LogP contribution is -2.19. The van der Waals surface area contributed by atoms with Crippen LogP contribution in [0.3, 0.4) is 0 Å². The van der Waals surface area contributed by atoms with Gasteiger partial charge >= 0.3 is 6.03 Å². The fourth-order valence-electron chi connectivity index (χ4n) is 3.79. The molecule has 0 spiro atoms. The third kappa shape index (κ3) is 3.84. The van der Waals surface area contributed by atoms with Crippen LogP contribution < -0.4 is 10.6 Å². The average Bonchev–Trinajstić information content (AvgIpc) is 3.49. The van der Waals surface area contributed by atoms with Gasteiger partial charge < -0.3 is 20.6 Å². The van der Waals surface area contributed by atoms with Crippen molar-refractivity contribution in [3.05, 3.63) is 91.1 Å². The van der Waals surface area contributed by atoms with Crippen LogP contribution in [0.1, 0.15) is 0 Å². The number of rotatable bonds is 4. The molecule has 6 rings (SSSR count). The summed E-state index contributed by atoms with van der Waals surface area (Å²) in [5, 5.41) is 5.70. The normalized spacial score (nSPS) is 11.1. The predicted molar refractivity (Wildman–Crippen MR) is 133 cm³/mol. The van der Waals surface area contributed by atoms with Crippen molar-refractivity contribution in [3.8, 4) is 22.8 Å². The zero-order valence-corrected chi connectivity index (χ0v) is 17.9. The second-order valence-corrected chi connectivity index (χ2v) is 7.80. The lowest BCUT2D eigenvalue weighted by molar-refractivity contribution is 0.262. The average molecular weight is 445 g/mol. The van der Waals surface area contributed by atoms with Crippen molar-refractivity contribution in [2.75, 3.05) is 10.6 Å². The van der Waals surface area contributed by atoms with E-state index >= 15 is 0 Å². The number of pyridine rings is 1. The zero-order valence-electron chi connectivity index (χ0n) is 17.9. The first-order chi connectivity index (χ1) is 16.7. The molecule has 0 saturated heterocycles. The van der Waals surface area contributed by atoms with Gasteiger partial charge in [0, 0.05) is 28.7 Å². The fraction of sp³-hybridized carbons (Fsp3) is 0. The second-order valence-electron chi connectivity index (χ2n) is 7.80. The van der Waals surface area contributed by atoms with Gasteiger partial charge in [0.25, 0.3) is 0 Å². The summed E-state index contributed by atoms with van der Waals surface area (Å²) in [6, 6.07) is 26.4. The Kier molecular flexibility index (Phi) is 4.73. The number of para-hydroxylation sites is 2. The van der Waals surface area contributed by atoms with Crippen LogP contribution in [-0.2, 0) is 0 Å². The van der Waals surface area contributed by atoms with Crippen molar-refractivity contribution in [1.29, 1.82) is 0 Å². The molecule has 0 atom stereocenters. The van der Waals surface area contributed by atoms with Crippen LogP contribution in [0, 0.1) is 0 Å². The van der Waals surface area contributed by atoms with Crippen LogP contribution in [0.4, 0.5) is 16.2 Å². The summed E-state index contributed by atoms with van der Waals surface area (Å²) >= 11 is 0. The molecule has 0 unspecified atom stereocenters. The molecule has 6 aromatic rings. The van der Waals surface area contributed by atoms with E-state index in [1.54, 1.807) is 6.20 Å². The minimum absolute atomic E-state index is 0.322. The number of hydrogen-bond acceptors (Lipinski definition) is 4. The van der Waals surface area contributed by atoms with E-state index in [1.165, 1.54) is 0 Å². The van der Waals surface area contributed by atoms with Gasteiger partial charge in [0.2, 0.25) is 0 Å². The van der Waals surface area contributed by atoms with Crippen LogP contribution >= 0.6 is 0 Å². The van der Waals surface area contributed by atoms with Gasteiger partial charge in [-0.2, -0.15) is 0 Å². The van der Waals surface area contributed by atoms with Crippen molar-refractivity contribution in [2.24, 2.45) is 0 Å². The molecule has 0 radical (unpaired) electrons. The minimum Gasteiger partial charge on any atom is -0.338 e. The summed E-state index contributed by atoms with van der Waals surface area (Å²) in [4.78, 5) is 32.4. The topological polar surface area (TPSA) is 111 Å². The highest BCUT2D eigenvalue weighted by Crippen LogP contribution is 2.23. The Morgan fingerprint density at radius 3 is 1.88 bits per heavy atom. The monoisotopic (exact) mass is 445 g/mol. The largest absolute Gasteiger partial charge is 0.338 e. The van der Waals surface area contributed by atoms with Crippen LogP contribution in [0.5, 0.6) is 0 Å². The number of carbonyl (C=O) groups excluding carboxylic acids is 1. The highest BCUT2D eigenvalue weighted by molar-refractivity contribution is 6.00. The Bertz CT molecular complexity index is 1430. The number of urea groups is 1. The number of aromatic amines is 2. The van der Waals surface area contributed by atoms with E-state index in [0.29, 0.717) is 17.0 Å². The summed E-state index contributed by atoms with van der Waals surface area (Å²) < 4.78 is 0. The number of hydrogen-bond donors (Lipinski definition) is 4. The molecule has 3 heterocycles. The van der Waals surface area contributed by atoms with Crippen LogP contribution in [0.25, 0.3) is 45.0 Å². The highest BCUT2D eigenvalue weighted by atomic mass is 16.2. The van der Waals surface area contributed by atoms with Crippen molar-refractivity contribution >= 4 is 39.6 Å². The summed E-state index contributed by atoms with van der Waals surface area (Å²) in [6.45, 7) is 0. The number of fused-ring (bicyclic) bond motifs is 2. The molecule has 0 aliphatic carbocycles. The number of nitrogens with zero attached hydrogens (tertiary/aromatic N) is 3. The van der Waals surface area contributed by atoms with Gasteiger partial charge in [-0.3, -0.25) is 0 Å². The van der Waals surface area contributed by atoms with Gasteiger partial charge in [0.05, 0.1) is 16.6 Å². The molecule has 8 nitrogen and oxygen atoms in total. The van der Waals surface area contributed by atoms with Crippen LogP contribution in [0.15, 0.2) is 91.1 Å². The SMILES string of the molecule is O=C(Nc1ccc(-c2nc3ccccc3[nH]2)cc1)Nc1ccc(-c2nc3ncccc3[nH]2)cc1. The lowest BCUT2D eigenvalue weighted by Gasteiger charge is -2.08. The molecular weight excluding hydrogens is 426 g/mol. The third-order valence-electron chi connectivity index (χ3n) is 5.48. The third-order valence-corrected chi connectivity index (χ3v) is 5.48. The smallest absolute Gasteiger partial charge is 0.323 e. The first kappa shape index (κ1) is 19.7. The molecule has 0 saturated carbocycles. The highest BCUT2D eigenvalue weighted by Gasteiger charge is 2.08. The van der Waals surface area contributed by atoms with Crippen molar-refractivity contribution in [1.82, 2.24) is 24.9 Å². The van der Waals surface area contributed by atoms with Crippen molar-refractivity contribution in [2.45, 2.75) is 0 Å². The van der Waals surface area contributed by atoms with Crippen molar-refractivity contribution < 1.29 is 4.79 Å². The van der Waals surface area contributed by atoms with Gasteiger partial charge in [-0.25, -0.2) is 19.7 Å². The number of nitrogens with one attached hydrogen (secondary N) is 4. The van der Waals surface area contributed by atoms with Gasteiger partial charge in [-0.1, -0.05) is 12.1 Å². The van der Waals surface area contributed by atoms with E-state index in [4.69, 9.17) is 0 Å². The first-order valence-corrected chi connectivity index (χ1v) is 10.8. The zero-order chi connectivity index (χ0) is 22.9. The van der Waals surface area contributed by atoms with Crippen LogP contribution in [-0.4, -0.2) is 31.0 Å². The van der Waals surface area contributed by atoms with Gasteiger partial charge in [-0.15, -0.1) is 0 Å². The Morgan fingerprint density at radius 1 is 0.647 bits per heavy atom. The number of carbonyl (C=O) groups is 1. The fourth-order valence-corrected chi connectivity index (χ4v) is 3.79. The summed E-state index contributed by atoms with van der Waals surface area (Å²) in [5.74, 6) is 1.52. The van der Waals surface area contributed by atoms with Gasteiger partial charge in [0.15, 0.2) is 5.65 Å². The number of anilines is 2. The van der Waals surface area contributed by atoms with Crippen LogP contribution in [0.2, 0.25) is 0 Å². The molecule has 2 amide bonds. The quantitative estimate of drug-likeness (QED) is 0.274. The molecule has 0 aliphatic rings. The Hall–Kier alpha value is -4.98. The molecule has 0 fully saturated rings. The summed E-state index contributed by atoms with van der Waals surface area (Å²) in [7, 11) is 0. The number of H-pyrrole nitrogens is 2. The summed E-state index contributed by atoms with van der Waals surface area (Å²) in [6.07, 6.45) is 1.71. The molecule has 3 aromatic carbocycles. The first-order valence-electron chi connectivity index (χ1n) is 10.8. The Labute approximate surface area is 194 Å². The number of benzene rings is 3. The predicted octanol–water partition coefficient (Wildman–Crippen LogP) is 5.81. The molecule has 4 N–H and O–H groups in total. The maximum absolute atomic E-state index is 12.5.